The number of benzene rings is 2. The highest BCUT2D eigenvalue weighted by Crippen LogP contribution is 2.43. The van der Waals surface area contributed by atoms with Crippen molar-refractivity contribution in [3.63, 3.8) is 0 Å². The number of nitrogens with one attached hydrogen (secondary N) is 1. The molecule has 31 heavy (non-hydrogen) atoms. The topological polar surface area (TPSA) is 54.3 Å². The number of anilines is 1. The van der Waals surface area contributed by atoms with E-state index in [0.29, 0.717) is 28.6 Å². The van der Waals surface area contributed by atoms with Crippen LogP contribution >= 0.6 is 23.2 Å². The van der Waals surface area contributed by atoms with E-state index in [1.807, 2.05) is 0 Å². The summed E-state index contributed by atoms with van der Waals surface area (Å²) in [4.78, 5) is 26.7. The quantitative estimate of drug-likeness (QED) is 0.451. The summed E-state index contributed by atoms with van der Waals surface area (Å²) in [5, 5.41) is 4.17. The van der Waals surface area contributed by atoms with Gasteiger partial charge in [-0.25, -0.2) is 4.39 Å². The van der Waals surface area contributed by atoms with E-state index in [1.165, 1.54) is 41.4 Å². The fourth-order valence-corrected chi connectivity index (χ4v) is 4.55. The van der Waals surface area contributed by atoms with Crippen LogP contribution in [-0.4, -0.2) is 28.5 Å². The molecule has 160 valence electrons. The van der Waals surface area contributed by atoms with E-state index in [1.54, 1.807) is 12.1 Å². The number of rotatable bonds is 4. The number of aryl methyl sites for hydroxylation is 1. The first-order valence-corrected chi connectivity index (χ1v) is 10.2. The van der Waals surface area contributed by atoms with Gasteiger partial charge in [-0.1, -0.05) is 35.8 Å². The van der Waals surface area contributed by atoms with Gasteiger partial charge in [-0.2, -0.15) is 0 Å². The molecular weight excluding hydrogens is 440 g/mol. The standard InChI is InChI=1S/C23H20Cl2FN3O2/c1-3-19(30)29-11-9-23(13-29,20-18(26)7-6-17(24)21(20)25)27-15-5-4-14-8-10-28(2)22(31)16(14)12-15/h3-8,10,12,27H,1,9,11,13H2,2H3/t23-/m0/s1/i2D3. The van der Waals surface area contributed by atoms with E-state index in [0.717, 1.165) is 0 Å². The molecule has 0 radical (unpaired) electrons. The van der Waals surface area contributed by atoms with Crippen LogP contribution in [0.2, 0.25) is 10.0 Å². The molecule has 0 aliphatic carbocycles. The van der Waals surface area contributed by atoms with Gasteiger partial charge in [-0.15, -0.1) is 0 Å². The fraction of sp³-hybridized carbons (Fsp3) is 0.217. The number of fused-ring (bicyclic) bond motifs is 1. The summed E-state index contributed by atoms with van der Waals surface area (Å²) in [5.74, 6) is -0.915. The third-order valence-electron chi connectivity index (χ3n) is 5.57. The zero-order valence-corrected chi connectivity index (χ0v) is 17.8. The van der Waals surface area contributed by atoms with Gasteiger partial charge in [0, 0.05) is 47.0 Å². The SMILES string of the molecule is [2H]C([2H])([2H])n1ccc2ccc(N[C@@]3(c4c(F)ccc(Cl)c4Cl)CCN(C(=O)C=C)C3)cc2c1=O. The number of carbonyl (C=O) groups excluding carboxylic acids is 1. The van der Waals surface area contributed by atoms with Crippen molar-refractivity contribution in [3.8, 4) is 0 Å². The Hall–Kier alpha value is -2.83. The highest BCUT2D eigenvalue weighted by atomic mass is 35.5. The number of hydrogen-bond donors (Lipinski definition) is 1. The highest BCUT2D eigenvalue weighted by molar-refractivity contribution is 6.42. The average molecular weight is 463 g/mol. The molecule has 1 fully saturated rings. The van der Waals surface area contributed by atoms with Crippen molar-refractivity contribution >= 4 is 45.6 Å². The van der Waals surface area contributed by atoms with Gasteiger partial charge in [0.2, 0.25) is 5.91 Å². The number of amides is 1. The zero-order valence-electron chi connectivity index (χ0n) is 19.3. The summed E-state index contributed by atoms with van der Waals surface area (Å²) in [7, 11) is 0. The molecule has 2 heterocycles. The summed E-state index contributed by atoms with van der Waals surface area (Å²) in [6.45, 7) is 1.26. The van der Waals surface area contributed by atoms with Crippen LogP contribution in [0.5, 0.6) is 0 Å². The number of carbonyl (C=O) groups is 1. The van der Waals surface area contributed by atoms with Crippen molar-refractivity contribution in [2.24, 2.45) is 6.98 Å². The Morgan fingerprint density at radius 1 is 1.32 bits per heavy atom. The molecule has 0 unspecified atom stereocenters. The first-order valence-electron chi connectivity index (χ1n) is 11.0. The van der Waals surface area contributed by atoms with Gasteiger partial charge in [0.05, 0.1) is 15.6 Å². The summed E-state index contributed by atoms with van der Waals surface area (Å²) in [6.07, 6.45) is 2.71. The summed E-state index contributed by atoms with van der Waals surface area (Å²) in [6, 6.07) is 8.96. The number of halogens is 3. The van der Waals surface area contributed by atoms with Crippen LogP contribution in [0.15, 0.2) is 60.0 Å². The molecule has 1 aromatic heterocycles. The minimum Gasteiger partial charge on any atom is -0.374 e. The Bertz CT molecular complexity index is 1380. The molecule has 3 aromatic rings. The lowest BCUT2D eigenvalue weighted by Gasteiger charge is -2.33. The van der Waals surface area contributed by atoms with Crippen LogP contribution in [0, 0.1) is 5.82 Å². The van der Waals surface area contributed by atoms with Gasteiger partial charge in [0.15, 0.2) is 0 Å². The maximum absolute atomic E-state index is 15.1. The van der Waals surface area contributed by atoms with Crippen LogP contribution in [0.4, 0.5) is 10.1 Å². The maximum atomic E-state index is 15.1. The largest absolute Gasteiger partial charge is 0.374 e. The monoisotopic (exact) mass is 462 g/mol. The average Bonchev–Trinajstić information content (AvgIpc) is 3.20. The highest BCUT2D eigenvalue weighted by Gasteiger charge is 2.44. The Morgan fingerprint density at radius 3 is 2.87 bits per heavy atom. The normalized spacial score (nSPS) is 20.2. The van der Waals surface area contributed by atoms with E-state index in [9.17, 15) is 9.59 Å². The first-order chi connectivity index (χ1) is 16.0. The van der Waals surface area contributed by atoms with Gasteiger partial charge >= 0.3 is 0 Å². The minimum atomic E-state index is -2.63. The Balaban J connectivity index is 1.86. The van der Waals surface area contributed by atoms with Crippen LogP contribution < -0.4 is 10.9 Å². The number of hydrogen-bond acceptors (Lipinski definition) is 3. The van der Waals surface area contributed by atoms with Crippen molar-refractivity contribution in [1.82, 2.24) is 9.47 Å². The van der Waals surface area contributed by atoms with Gasteiger partial charge in [0.1, 0.15) is 5.82 Å². The van der Waals surface area contributed by atoms with Crippen LogP contribution in [-0.2, 0) is 17.3 Å². The lowest BCUT2D eigenvalue weighted by molar-refractivity contribution is -0.125. The maximum Gasteiger partial charge on any atom is 0.258 e. The van der Waals surface area contributed by atoms with Gasteiger partial charge in [-0.05, 0) is 48.2 Å². The molecule has 1 atom stereocenters. The second-order valence-electron chi connectivity index (χ2n) is 7.43. The molecule has 5 nitrogen and oxygen atoms in total. The summed E-state index contributed by atoms with van der Waals surface area (Å²) < 4.78 is 38.5. The number of likely N-dealkylation sites (tertiary alicyclic amines) is 1. The van der Waals surface area contributed by atoms with Crippen molar-refractivity contribution < 1.29 is 13.3 Å². The lowest BCUT2D eigenvalue weighted by Crippen LogP contribution is -2.41. The molecule has 0 spiro atoms. The smallest absolute Gasteiger partial charge is 0.258 e. The Kier molecular flexibility index (Phi) is 4.61. The van der Waals surface area contributed by atoms with Crippen molar-refractivity contribution in [2.45, 2.75) is 12.0 Å². The Morgan fingerprint density at radius 2 is 2.13 bits per heavy atom. The summed E-state index contributed by atoms with van der Waals surface area (Å²) in [5.41, 5.74) is -1.31. The third-order valence-corrected chi connectivity index (χ3v) is 6.37. The molecule has 1 amide bonds. The lowest BCUT2D eigenvalue weighted by atomic mass is 9.87. The van der Waals surface area contributed by atoms with Gasteiger partial charge < -0.3 is 14.8 Å². The molecule has 1 aliphatic rings. The molecule has 0 bridgehead atoms. The Labute approximate surface area is 192 Å². The number of pyridine rings is 1. The molecule has 1 saturated heterocycles. The van der Waals surface area contributed by atoms with Crippen LogP contribution in [0.25, 0.3) is 10.8 Å². The van der Waals surface area contributed by atoms with Gasteiger partial charge in [0.25, 0.3) is 5.56 Å². The first kappa shape index (κ1) is 17.8. The van der Waals surface area contributed by atoms with E-state index >= 15 is 4.39 Å². The molecule has 1 N–H and O–H groups in total. The van der Waals surface area contributed by atoms with E-state index < -0.39 is 23.9 Å². The predicted octanol–water partition coefficient (Wildman–Crippen LogP) is 4.71. The number of aromatic nitrogens is 1. The summed E-state index contributed by atoms with van der Waals surface area (Å²) >= 11 is 12.6. The van der Waals surface area contributed by atoms with Crippen molar-refractivity contribution in [2.75, 3.05) is 18.4 Å². The molecular formula is C23H20Cl2FN3O2. The molecule has 4 rings (SSSR count). The molecule has 0 saturated carbocycles. The van der Waals surface area contributed by atoms with E-state index in [-0.39, 0.29) is 33.4 Å². The van der Waals surface area contributed by atoms with Crippen molar-refractivity contribution in [1.29, 1.82) is 0 Å². The molecule has 8 heteroatoms. The molecule has 2 aromatic carbocycles. The van der Waals surface area contributed by atoms with Crippen molar-refractivity contribution in [3.05, 3.63) is 87.0 Å². The van der Waals surface area contributed by atoms with Crippen LogP contribution in [0.3, 0.4) is 0 Å². The minimum absolute atomic E-state index is 0.0209. The van der Waals surface area contributed by atoms with E-state index in [4.69, 9.17) is 27.3 Å². The number of nitrogens with zero attached hydrogens (tertiary/aromatic N) is 2. The predicted molar refractivity (Wildman–Crippen MR) is 122 cm³/mol. The third kappa shape index (κ3) is 3.70. The zero-order chi connectivity index (χ0) is 24.8. The second-order valence-corrected chi connectivity index (χ2v) is 8.22. The van der Waals surface area contributed by atoms with E-state index in [2.05, 4.69) is 11.9 Å². The van der Waals surface area contributed by atoms with Gasteiger partial charge in [-0.3, -0.25) is 9.59 Å². The second kappa shape index (κ2) is 8.02. The van der Waals surface area contributed by atoms with Crippen LogP contribution in [0.1, 0.15) is 16.1 Å². The fourth-order valence-electron chi connectivity index (χ4n) is 4.05. The molecule has 1 aliphatic heterocycles.